The molecule has 0 radical (unpaired) electrons. The fourth-order valence-electron chi connectivity index (χ4n) is 1.76. The Kier molecular flexibility index (Phi) is 4.66. The van der Waals surface area contributed by atoms with E-state index in [1.54, 1.807) is 6.07 Å². The van der Waals surface area contributed by atoms with Crippen molar-refractivity contribution in [2.45, 2.75) is 33.1 Å². The molecule has 0 aliphatic heterocycles. The van der Waals surface area contributed by atoms with Gasteiger partial charge in [0, 0.05) is 18.8 Å². The van der Waals surface area contributed by atoms with Crippen LogP contribution in [0.4, 0.5) is 13.2 Å². The Hall–Kier alpha value is -1.83. The second kappa shape index (κ2) is 6.30. The molecule has 0 aromatic carbocycles. The van der Waals surface area contributed by atoms with Gasteiger partial charge in [0.2, 0.25) is 0 Å². The summed E-state index contributed by atoms with van der Waals surface area (Å²) < 4.78 is 43.6. The number of aromatic nitrogens is 3. The van der Waals surface area contributed by atoms with Gasteiger partial charge in [0.25, 0.3) is 0 Å². The Balaban J connectivity index is 1.91. The first kappa shape index (κ1) is 15.6. The lowest BCUT2D eigenvalue weighted by atomic mass is 10.2. The van der Waals surface area contributed by atoms with Gasteiger partial charge < -0.3 is 9.84 Å². The maximum atomic E-state index is 12.4. The van der Waals surface area contributed by atoms with Crippen molar-refractivity contribution >= 4 is 0 Å². The molecular formula is C13H17F3N4O. The molecule has 8 heteroatoms. The van der Waals surface area contributed by atoms with Crippen LogP contribution >= 0.6 is 0 Å². The summed E-state index contributed by atoms with van der Waals surface area (Å²) in [6.07, 6.45) is -3.17. The van der Waals surface area contributed by atoms with Crippen LogP contribution in [0.5, 0.6) is 0 Å². The third-order valence-corrected chi connectivity index (χ3v) is 2.72. The summed E-state index contributed by atoms with van der Waals surface area (Å²) in [6, 6.07) is 2.64. The largest absolute Gasteiger partial charge is 0.435 e. The fraction of sp³-hybridized carbons (Fsp3) is 0.538. The molecule has 116 valence electrons. The van der Waals surface area contributed by atoms with Crippen molar-refractivity contribution in [1.82, 2.24) is 20.3 Å². The number of nitrogens with zero attached hydrogens (tertiary/aromatic N) is 3. The summed E-state index contributed by atoms with van der Waals surface area (Å²) in [5.74, 6) is 0.995. The number of alkyl halides is 3. The van der Waals surface area contributed by atoms with Gasteiger partial charge in [0.1, 0.15) is 6.54 Å². The van der Waals surface area contributed by atoms with E-state index in [-0.39, 0.29) is 6.54 Å². The van der Waals surface area contributed by atoms with Gasteiger partial charge in [-0.25, -0.2) is 0 Å². The number of hydrogen-bond acceptors (Lipinski definition) is 4. The molecule has 0 saturated carbocycles. The van der Waals surface area contributed by atoms with Crippen molar-refractivity contribution < 1.29 is 17.7 Å². The van der Waals surface area contributed by atoms with Gasteiger partial charge in [-0.3, -0.25) is 4.68 Å². The van der Waals surface area contributed by atoms with Crippen LogP contribution in [0.3, 0.4) is 0 Å². The highest BCUT2D eigenvalue weighted by Crippen LogP contribution is 2.27. The van der Waals surface area contributed by atoms with Crippen LogP contribution in [-0.2, 0) is 19.3 Å². The SMILES string of the molecule is CC(C)CNCc1cc(Cn2ccc(C(F)(F)F)n2)on1. The lowest BCUT2D eigenvalue weighted by molar-refractivity contribution is -0.141. The van der Waals surface area contributed by atoms with Gasteiger partial charge >= 0.3 is 6.18 Å². The number of rotatable bonds is 6. The first-order valence-electron chi connectivity index (χ1n) is 6.60. The maximum Gasteiger partial charge on any atom is 0.435 e. The zero-order valence-corrected chi connectivity index (χ0v) is 11.8. The molecular weight excluding hydrogens is 285 g/mol. The molecule has 0 bridgehead atoms. The van der Waals surface area contributed by atoms with Crippen LogP contribution in [0, 0.1) is 5.92 Å². The molecule has 2 heterocycles. The van der Waals surface area contributed by atoms with Crippen LogP contribution in [0.1, 0.15) is 31.0 Å². The fourth-order valence-corrected chi connectivity index (χ4v) is 1.76. The average molecular weight is 302 g/mol. The Morgan fingerprint density at radius 1 is 1.38 bits per heavy atom. The van der Waals surface area contributed by atoms with Crippen molar-refractivity contribution in [3.63, 3.8) is 0 Å². The van der Waals surface area contributed by atoms with E-state index in [4.69, 9.17) is 4.52 Å². The van der Waals surface area contributed by atoms with E-state index >= 15 is 0 Å². The summed E-state index contributed by atoms with van der Waals surface area (Å²) in [5.41, 5.74) is -0.199. The lowest BCUT2D eigenvalue weighted by Gasteiger charge is -2.04. The Bertz CT molecular complexity index is 574. The Morgan fingerprint density at radius 2 is 2.14 bits per heavy atom. The smallest absolute Gasteiger partial charge is 0.359 e. The van der Waals surface area contributed by atoms with E-state index in [2.05, 4.69) is 29.4 Å². The van der Waals surface area contributed by atoms with E-state index < -0.39 is 11.9 Å². The summed E-state index contributed by atoms with van der Waals surface area (Å²) in [5, 5.41) is 10.5. The molecule has 2 aromatic heterocycles. The van der Waals surface area contributed by atoms with Crippen molar-refractivity contribution in [3.8, 4) is 0 Å². The minimum absolute atomic E-state index is 0.118. The van der Waals surface area contributed by atoms with Crippen molar-refractivity contribution in [1.29, 1.82) is 0 Å². The van der Waals surface area contributed by atoms with Gasteiger partial charge in [-0.1, -0.05) is 19.0 Å². The van der Waals surface area contributed by atoms with Gasteiger partial charge in [-0.05, 0) is 18.5 Å². The van der Waals surface area contributed by atoms with Crippen molar-refractivity contribution in [3.05, 3.63) is 35.5 Å². The molecule has 0 amide bonds. The van der Waals surface area contributed by atoms with Gasteiger partial charge in [0.15, 0.2) is 11.5 Å². The van der Waals surface area contributed by atoms with E-state index in [0.717, 1.165) is 12.6 Å². The molecule has 0 atom stereocenters. The van der Waals surface area contributed by atoms with Crippen LogP contribution in [0.15, 0.2) is 22.9 Å². The highest BCUT2D eigenvalue weighted by molar-refractivity contribution is 5.08. The number of nitrogens with one attached hydrogen (secondary N) is 1. The zero-order valence-electron chi connectivity index (χ0n) is 11.8. The second-order valence-corrected chi connectivity index (χ2v) is 5.21. The lowest BCUT2D eigenvalue weighted by Crippen LogP contribution is -2.19. The number of halogens is 3. The van der Waals surface area contributed by atoms with E-state index in [0.29, 0.717) is 23.9 Å². The topological polar surface area (TPSA) is 55.9 Å². The summed E-state index contributed by atoms with van der Waals surface area (Å²) in [7, 11) is 0. The molecule has 0 unspecified atom stereocenters. The molecule has 5 nitrogen and oxygen atoms in total. The van der Waals surface area contributed by atoms with Gasteiger partial charge in [0.05, 0.1) is 5.69 Å². The van der Waals surface area contributed by atoms with Crippen LogP contribution in [-0.4, -0.2) is 21.5 Å². The monoisotopic (exact) mass is 302 g/mol. The minimum atomic E-state index is -4.43. The molecule has 2 aromatic rings. The Morgan fingerprint density at radius 3 is 2.76 bits per heavy atom. The van der Waals surface area contributed by atoms with E-state index in [9.17, 15) is 13.2 Å². The van der Waals surface area contributed by atoms with Crippen molar-refractivity contribution in [2.24, 2.45) is 5.92 Å². The van der Waals surface area contributed by atoms with Crippen molar-refractivity contribution in [2.75, 3.05) is 6.54 Å². The summed E-state index contributed by atoms with van der Waals surface area (Å²) >= 11 is 0. The van der Waals surface area contributed by atoms with E-state index in [1.807, 2.05) is 0 Å². The third-order valence-electron chi connectivity index (χ3n) is 2.72. The summed E-state index contributed by atoms with van der Waals surface area (Å²) in [4.78, 5) is 0. The predicted octanol–water partition coefficient (Wildman–Crippen LogP) is 2.68. The highest BCUT2D eigenvalue weighted by atomic mass is 19.4. The first-order chi connectivity index (χ1) is 9.84. The standard InChI is InChI=1S/C13H17F3N4O/c1-9(2)6-17-7-10-5-11(21-19-10)8-20-4-3-12(18-20)13(14,15)16/h3-5,9,17H,6-8H2,1-2H3. The second-order valence-electron chi connectivity index (χ2n) is 5.21. The average Bonchev–Trinajstić information content (AvgIpc) is 2.98. The summed E-state index contributed by atoms with van der Waals surface area (Å²) in [6.45, 7) is 5.73. The zero-order chi connectivity index (χ0) is 15.5. The van der Waals surface area contributed by atoms with Crippen LogP contribution in [0.25, 0.3) is 0 Å². The van der Waals surface area contributed by atoms with Crippen LogP contribution < -0.4 is 5.32 Å². The first-order valence-corrected chi connectivity index (χ1v) is 6.60. The molecule has 0 spiro atoms. The normalized spacial score (nSPS) is 12.3. The molecule has 0 aliphatic rings. The molecule has 0 saturated heterocycles. The maximum absolute atomic E-state index is 12.4. The quantitative estimate of drug-likeness (QED) is 0.891. The van der Waals surface area contributed by atoms with Gasteiger partial charge in [-0.2, -0.15) is 18.3 Å². The third kappa shape index (κ3) is 4.59. The molecule has 0 fully saturated rings. The molecule has 21 heavy (non-hydrogen) atoms. The van der Waals surface area contributed by atoms with Crippen LogP contribution in [0.2, 0.25) is 0 Å². The predicted molar refractivity (Wildman–Crippen MR) is 69.4 cm³/mol. The van der Waals surface area contributed by atoms with E-state index in [1.165, 1.54) is 10.9 Å². The highest BCUT2D eigenvalue weighted by Gasteiger charge is 2.33. The molecule has 0 aliphatic carbocycles. The minimum Gasteiger partial charge on any atom is -0.359 e. The molecule has 2 rings (SSSR count). The Labute approximate surface area is 120 Å². The van der Waals surface area contributed by atoms with Gasteiger partial charge in [-0.15, -0.1) is 0 Å². The number of hydrogen-bond donors (Lipinski definition) is 1. The molecule has 1 N–H and O–H groups in total.